The van der Waals surface area contributed by atoms with Crippen molar-refractivity contribution in [1.82, 2.24) is 19.6 Å². The van der Waals surface area contributed by atoms with E-state index >= 15 is 0 Å². The van der Waals surface area contributed by atoms with Crippen LogP contribution in [-0.2, 0) is 14.8 Å². The van der Waals surface area contributed by atoms with Gasteiger partial charge in [0.25, 0.3) is 21.0 Å². The number of esters is 1. The molecule has 142 valence electrons. The smallest absolute Gasteiger partial charge is 0.340 e. The van der Waals surface area contributed by atoms with E-state index in [-0.39, 0.29) is 23.6 Å². The van der Waals surface area contributed by atoms with Crippen molar-refractivity contribution in [3.05, 3.63) is 46.8 Å². The van der Waals surface area contributed by atoms with Crippen LogP contribution in [0.3, 0.4) is 0 Å². The zero-order valence-corrected chi connectivity index (χ0v) is 16.2. The molecule has 3 aromatic rings. The number of ether oxygens (including phenoxy) is 1. The van der Waals surface area contributed by atoms with Crippen LogP contribution >= 0.6 is 0 Å². The van der Waals surface area contributed by atoms with E-state index in [4.69, 9.17) is 4.74 Å². The number of sulfonamides is 1. The lowest BCUT2D eigenvalue weighted by molar-refractivity contribution is 0.0526. The first-order valence-corrected chi connectivity index (χ1v) is 9.70. The molecule has 10 heteroatoms. The second-order valence-electron chi connectivity index (χ2n) is 6.05. The second-order valence-corrected chi connectivity index (χ2v) is 7.62. The molecule has 3 rings (SSSR count). The number of hydrogen-bond acceptors (Lipinski definition) is 7. The van der Waals surface area contributed by atoms with Crippen LogP contribution in [0.2, 0.25) is 0 Å². The molecule has 2 aromatic heterocycles. The summed E-state index contributed by atoms with van der Waals surface area (Å²) in [6, 6.07) is 3.45. The fourth-order valence-electron chi connectivity index (χ4n) is 2.56. The minimum atomic E-state index is -4.14. The number of benzene rings is 1. The Morgan fingerprint density at radius 3 is 2.63 bits per heavy atom. The van der Waals surface area contributed by atoms with E-state index in [0.717, 1.165) is 5.56 Å². The Morgan fingerprint density at radius 2 is 1.93 bits per heavy atom. The van der Waals surface area contributed by atoms with Crippen molar-refractivity contribution in [3.63, 3.8) is 0 Å². The molecule has 1 aromatic carbocycles. The first-order chi connectivity index (χ1) is 12.7. The van der Waals surface area contributed by atoms with Gasteiger partial charge < -0.3 is 4.74 Å². The average Bonchev–Trinajstić information content (AvgIpc) is 3.02. The Balaban J connectivity index is 2.07. The van der Waals surface area contributed by atoms with Crippen LogP contribution in [0.5, 0.6) is 0 Å². The molecular formula is C17H19N5O4S. The standard InChI is InChI=1S/C17H19N5O4S/c1-5-26-15(23)13-11(3)6-7-12(4)14(13)21-27(24,25)17-19-16-18-8-10(2)9-22(16)20-17/h6-9,21H,5H2,1-4H3. The Morgan fingerprint density at radius 1 is 1.22 bits per heavy atom. The first-order valence-electron chi connectivity index (χ1n) is 8.22. The fourth-order valence-corrected chi connectivity index (χ4v) is 3.58. The molecule has 0 fully saturated rings. The van der Waals surface area contributed by atoms with Crippen molar-refractivity contribution in [2.24, 2.45) is 0 Å². The van der Waals surface area contributed by atoms with E-state index in [2.05, 4.69) is 19.8 Å². The Bertz CT molecular complexity index is 1140. The summed E-state index contributed by atoms with van der Waals surface area (Å²) in [4.78, 5) is 20.3. The predicted molar refractivity (Wildman–Crippen MR) is 98.2 cm³/mol. The quantitative estimate of drug-likeness (QED) is 0.664. The lowest BCUT2D eigenvalue weighted by Gasteiger charge is -2.15. The number of anilines is 1. The summed E-state index contributed by atoms with van der Waals surface area (Å²) in [7, 11) is -4.14. The zero-order chi connectivity index (χ0) is 19.8. The van der Waals surface area contributed by atoms with E-state index < -0.39 is 21.1 Å². The molecule has 9 nitrogen and oxygen atoms in total. The molecule has 0 aliphatic rings. The minimum Gasteiger partial charge on any atom is -0.462 e. The maximum atomic E-state index is 12.8. The Labute approximate surface area is 156 Å². The molecule has 1 N–H and O–H groups in total. The third-order valence-corrected chi connectivity index (χ3v) is 5.01. The van der Waals surface area contributed by atoms with Gasteiger partial charge in [-0.05, 0) is 44.4 Å². The van der Waals surface area contributed by atoms with Crippen LogP contribution in [0.15, 0.2) is 29.7 Å². The van der Waals surface area contributed by atoms with Crippen molar-refractivity contribution >= 4 is 27.5 Å². The maximum absolute atomic E-state index is 12.8. The molecule has 2 heterocycles. The molecule has 0 aliphatic carbocycles. The Kier molecular flexibility index (Phi) is 4.83. The molecule has 0 unspecified atom stereocenters. The fraction of sp³-hybridized carbons (Fsp3) is 0.294. The van der Waals surface area contributed by atoms with E-state index in [1.165, 1.54) is 4.52 Å². The van der Waals surface area contributed by atoms with Crippen LogP contribution in [0, 0.1) is 20.8 Å². The molecule has 27 heavy (non-hydrogen) atoms. The summed E-state index contributed by atoms with van der Waals surface area (Å²) >= 11 is 0. The van der Waals surface area contributed by atoms with E-state index in [1.807, 2.05) is 6.92 Å². The van der Waals surface area contributed by atoms with Crippen molar-refractivity contribution in [1.29, 1.82) is 0 Å². The molecule has 0 bridgehead atoms. The van der Waals surface area contributed by atoms with Gasteiger partial charge in [-0.2, -0.15) is 13.4 Å². The minimum absolute atomic E-state index is 0.149. The van der Waals surface area contributed by atoms with E-state index in [0.29, 0.717) is 11.1 Å². The Hall–Kier alpha value is -3.01. The van der Waals surface area contributed by atoms with E-state index in [9.17, 15) is 13.2 Å². The molecule has 0 saturated carbocycles. The van der Waals surface area contributed by atoms with Gasteiger partial charge in [-0.15, -0.1) is 5.10 Å². The van der Waals surface area contributed by atoms with Gasteiger partial charge in [-0.1, -0.05) is 12.1 Å². The highest BCUT2D eigenvalue weighted by Crippen LogP contribution is 2.27. The molecular weight excluding hydrogens is 370 g/mol. The zero-order valence-electron chi connectivity index (χ0n) is 15.3. The lowest BCUT2D eigenvalue weighted by atomic mass is 10.0. The highest BCUT2D eigenvalue weighted by Gasteiger charge is 2.26. The monoisotopic (exact) mass is 389 g/mol. The second kappa shape index (κ2) is 6.95. The maximum Gasteiger partial charge on any atom is 0.340 e. The molecule has 0 amide bonds. The van der Waals surface area contributed by atoms with Gasteiger partial charge in [-0.25, -0.2) is 14.3 Å². The molecule has 0 radical (unpaired) electrons. The average molecular weight is 389 g/mol. The van der Waals surface area contributed by atoms with Gasteiger partial charge >= 0.3 is 5.97 Å². The topological polar surface area (TPSA) is 116 Å². The largest absolute Gasteiger partial charge is 0.462 e. The highest BCUT2D eigenvalue weighted by atomic mass is 32.2. The third kappa shape index (κ3) is 3.61. The third-order valence-electron chi connectivity index (χ3n) is 3.88. The normalized spacial score (nSPS) is 11.6. The summed E-state index contributed by atoms with van der Waals surface area (Å²) in [5, 5.41) is 3.55. The van der Waals surface area contributed by atoms with Crippen LogP contribution in [0.25, 0.3) is 5.78 Å². The summed E-state index contributed by atoms with van der Waals surface area (Å²) in [6.45, 7) is 7.07. The molecule has 0 saturated heterocycles. The predicted octanol–water partition coefficient (Wildman–Crippen LogP) is 2.03. The van der Waals surface area contributed by atoms with Crippen LogP contribution < -0.4 is 4.72 Å². The van der Waals surface area contributed by atoms with Crippen LogP contribution in [0.1, 0.15) is 34.0 Å². The molecule has 0 spiro atoms. The summed E-state index contributed by atoms with van der Waals surface area (Å²) in [5.74, 6) is -0.441. The summed E-state index contributed by atoms with van der Waals surface area (Å²) in [6.07, 6.45) is 3.19. The number of nitrogens with one attached hydrogen (secondary N) is 1. The number of carbonyl (C=O) groups is 1. The molecule has 0 aliphatic heterocycles. The number of rotatable bonds is 5. The SMILES string of the molecule is CCOC(=O)c1c(C)ccc(C)c1NS(=O)(=O)c1nc2ncc(C)cn2n1. The van der Waals surface area contributed by atoms with E-state index in [1.54, 1.807) is 45.3 Å². The molecule has 0 atom stereocenters. The van der Waals surface area contributed by atoms with Gasteiger partial charge in [-0.3, -0.25) is 4.72 Å². The number of hydrogen-bond donors (Lipinski definition) is 1. The summed E-state index contributed by atoms with van der Waals surface area (Å²) < 4.78 is 34.4. The van der Waals surface area contributed by atoms with Crippen LogP contribution in [-0.4, -0.2) is 40.6 Å². The van der Waals surface area contributed by atoms with Crippen molar-refractivity contribution in [3.8, 4) is 0 Å². The summed E-state index contributed by atoms with van der Waals surface area (Å²) in [5.41, 5.74) is 2.29. The van der Waals surface area contributed by atoms with Gasteiger partial charge in [0.1, 0.15) is 0 Å². The van der Waals surface area contributed by atoms with Gasteiger partial charge in [0.2, 0.25) is 0 Å². The number of fused-ring (bicyclic) bond motifs is 1. The van der Waals surface area contributed by atoms with Gasteiger partial charge in [0.05, 0.1) is 17.9 Å². The van der Waals surface area contributed by atoms with Crippen LogP contribution in [0.4, 0.5) is 5.69 Å². The number of aryl methyl sites for hydroxylation is 3. The lowest BCUT2D eigenvalue weighted by Crippen LogP contribution is -2.19. The van der Waals surface area contributed by atoms with Gasteiger partial charge in [0, 0.05) is 12.4 Å². The van der Waals surface area contributed by atoms with Gasteiger partial charge in [0.15, 0.2) is 0 Å². The van der Waals surface area contributed by atoms with Crippen molar-refractivity contribution < 1.29 is 17.9 Å². The van der Waals surface area contributed by atoms with Crippen molar-refractivity contribution in [2.45, 2.75) is 32.9 Å². The number of nitrogens with zero attached hydrogens (tertiary/aromatic N) is 4. The number of carbonyl (C=O) groups excluding carboxylic acids is 1. The number of aromatic nitrogens is 4. The highest BCUT2D eigenvalue weighted by molar-refractivity contribution is 7.92. The first kappa shape index (κ1) is 18.8. The van der Waals surface area contributed by atoms with Crippen molar-refractivity contribution in [2.75, 3.05) is 11.3 Å².